The van der Waals surface area contributed by atoms with Gasteiger partial charge in [0, 0.05) is 29.1 Å². The third kappa shape index (κ3) is 7.19. The van der Waals surface area contributed by atoms with Gasteiger partial charge in [0.15, 0.2) is 5.41 Å². The van der Waals surface area contributed by atoms with Crippen LogP contribution in [0.5, 0.6) is 0 Å². The van der Waals surface area contributed by atoms with Crippen molar-refractivity contribution in [1.29, 1.82) is 5.26 Å². The average Bonchev–Trinajstić information content (AvgIpc) is 4.01. The lowest BCUT2D eigenvalue weighted by Gasteiger charge is -2.62. The third-order valence-corrected chi connectivity index (χ3v) is 18.7. The van der Waals surface area contributed by atoms with E-state index in [0.717, 1.165) is 56.3 Å². The Labute approximate surface area is 345 Å². The van der Waals surface area contributed by atoms with Crippen LogP contribution < -0.4 is 0 Å². The molecule has 14 atom stereocenters. The van der Waals surface area contributed by atoms with Crippen LogP contribution in [0.4, 0.5) is 0 Å². The first kappa shape index (κ1) is 43.4. The van der Waals surface area contributed by atoms with Crippen molar-refractivity contribution in [1.82, 2.24) is 0 Å². The third-order valence-electron chi connectivity index (χ3n) is 16.9. The van der Waals surface area contributed by atoms with Crippen molar-refractivity contribution >= 4 is 34.0 Å². The number of fused-ring (bicyclic) bond motifs is 2. The maximum absolute atomic E-state index is 12.4. The molecule has 0 radical (unpaired) electrons. The summed E-state index contributed by atoms with van der Waals surface area (Å²) in [5.41, 5.74) is -0.933. The van der Waals surface area contributed by atoms with Crippen LogP contribution in [0, 0.1) is 81.3 Å². The van der Waals surface area contributed by atoms with E-state index >= 15 is 0 Å². The topological polar surface area (TPSA) is 172 Å². The number of hydrogen-bond donors (Lipinski definition) is 0. The molecule has 10 fully saturated rings. The molecule has 324 valence electrons. The van der Waals surface area contributed by atoms with Gasteiger partial charge in [-0.25, -0.2) is 0 Å². The fourth-order valence-electron chi connectivity index (χ4n) is 13.0. The van der Waals surface area contributed by atoms with Gasteiger partial charge in [-0.15, -0.1) is 0 Å². The summed E-state index contributed by atoms with van der Waals surface area (Å²) in [5.74, 6) is 1.80. The van der Waals surface area contributed by atoms with E-state index in [0.29, 0.717) is 12.8 Å². The predicted octanol–water partition coefficient (Wildman–Crippen LogP) is 7.46. The number of ether oxygens (including phenoxy) is 4. The summed E-state index contributed by atoms with van der Waals surface area (Å²) in [4.78, 5) is 48.0. The van der Waals surface area contributed by atoms with Gasteiger partial charge in [0.1, 0.15) is 30.0 Å². The largest absolute Gasteiger partial charge is 0.459 e. The second-order valence-electron chi connectivity index (χ2n) is 20.2. The molecule has 0 aromatic carbocycles. The zero-order valence-corrected chi connectivity index (χ0v) is 36.7. The zero-order chi connectivity index (χ0) is 42.1. The average molecular weight is 830 g/mol. The van der Waals surface area contributed by atoms with E-state index in [9.17, 15) is 32.9 Å². The van der Waals surface area contributed by atoms with Gasteiger partial charge in [-0.1, -0.05) is 48.5 Å². The van der Waals surface area contributed by atoms with Crippen molar-refractivity contribution < 1.29 is 50.7 Å². The molecule has 8 saturated carbocycles. The molecular formula is C45H67NO11S. The van der Waals surface area contributed by atoms with E-state index in [1.807, 2.05) is 34.6 Å². The van der Waals surface area contributed by atoms with Crippen molar-refractivity contribution in [3.63, 3.8) is 0 Å². The normalized spacial score (nSPS) is 43.4. The van der Waals surface area contributed by atoms with Gasteiger partial charge < -0.3 is 18.9 Å². The first-order valence-electron chi connectivity index (χ1n) is 22.6. The van der Waals surface area contributed by atoms with Crippen LogP contribution in [-0.2, 0) is 52.4 Å². The molecule has 8 aliphatic carbocycles. The molecule has 0 aromatic rings. The second kappa shape index (κ2) is 16.0. The molecule has 0 N–H and O–H groups in total. The molecule has 2 heterocycles. The van der Waals surface area contributed by atoms with Gasteiger partial charge in [0.05, 0.1) is 29.1 Å². The van der Waals surface area contributed by atoms with Crippen molar-refractivity contribution in [3.05, 3.63) is 0 Å². The molecule has 13 heteroatoms. The minimum Gasteiger partial charge on any atom is -0.459 e. The maximum atomic E-state index is 12.4. The minimum atomic E-state index is -3.42. The fourth-order valence-corrected chi connectivity index (χ4v) is 14.9. The molecule has 58 heavy (non-hydrogen) atoms. The van der Waals surface area contributed by atoms with E-state index in [1.165, 1.54) is 38.5 Å². The summed E-state index contributed by atoms with van der Waals surface area (Å²) in [6.07, 6.45) is 12.6. The lowest BCUT2D eigenvalue weighted by atomic mass is 9.45. The van der Waals surface area contributed by atoms with E-state index < -0.39 is 33.7 Å². The Morgan fingerprint density at radius 1 is 0.776 bits per heavy atom. The molecule has 2 saturated heterocycles. The predicted molar refractivity (Wildman–Crippen MR) is 211 cm³/mol. The second-order valence-corrected chi connectivity index (χ2v) is 22.0. The highest BCUT2D eigenvalue weighted by Gasteiger charge is 2.72. The van der Waals surface area contributed by atoms with Crippen LogP contribution in [-0.4, -0.2) is 67.6 Å². The summed E-state index contributed by atoms with van der Waals surface area (Å²) in [6, 6.07) is 2.14. The molecule has 10 rings (SSSR count). The smallest absolute Gasteiger partial charge is 0.327 e. The Kier molecular flexibility index (Phi) is 11.9. The monoisotopic (exact) mass is 829 g/mol. The Morgan fingerprint density at radius 3 is 1.79 bits per heavy atom. The summed E-state index contributed by atoms with van der Waals surface area (Å²) >= 11 is 0. The van der Waals surface area contributed by atoms with Gasteiger partial charge in [0.25, 0.3) is 10.1 Å². The van der Waals surface area contributed by atoms with Crippen molar-refractivity contribution in [3.8, 4) is 6.07 Å². The molecule has 10 aliphatic rings. The minimum absolute atomic E-state index is 0.0256. The zero-order valence-electron chi connectivity index (χ0n) is 35.9. The Bertz CT molecular complexity index is 1740. The highest BCUT2D eigenvalue weighted by atomic mass is 32.2. The number of carbonyl (C=O) groups is 4. The lowest BCUT2D eigenvalue weighted by molar-refractivity contribution is -0.208. The van der Waals surface area contributed by atoms with Crippen molar-refractivity contribution in [2.24, 2.45) is 70.0 Å². The van der Waals surface area contributed by atoms with Crippen LogP contribution >= 0.6 is 0 Å². The van der Waals surface area contributed by atoms with E-state index in [4.69, 9.17) is 23.1 Å². The van der Waals surface area contributed by atoms with Crippen LogP contribution in [0.1, 0.15) is 145 Å². The molecule has 0 amide bonds. The highest BCUT2D eigenvalue weighted by molar-refractivity contribution is 7.87. The molecule has 14 unspecified atom stereocenters. The standard InChI is InChI=1S/C19H32O2.C14H17NO4.C12H18O5S/c1-5-13(3)17(20)21-18(4,6-2)19-10-14-7-15(11-19)9-16(8-14)12-19;1-3-7(2)12(16)18-10-8-4-9-11(10)19-13(17)14(9,5-8)6-15;1-3-6(2)12(13)16-10-7-4-8-9(5-7)18(14,15)17-11(8)10/h13-16H,5-12H2,1-4H3;7-11H,3-5H2,1-2H3;6-11H,3-5H2,1-2H3. The summed E-state index contributed by atoms with van der Waals surface area (Å²) < 4.78 is 51.2. The lowest BCUT2D eigenvalue weighted by Crippen LogP contribution is -2.58. The van der Waals surface area contributed by atoms with Gasteiger partial charge in [-0.3, -0.25) is 23.4 Å². The number of hydrogen-bond acceptors (Lipinski definition) is 12. The molecular weight excluding hydrogens is 763 g/mol. The number of esters is 4. The van der Waals surface area contributed by atoms with E-state index in [1.54, 1.807) is 0 Å². The van der Waals surface area contributed by atoms with Crippen LogP contribution in [0.3, 0.4) is 0 Å². The summed E-state index contributed by atoms with van der Waals surface area (Å²) in [6.45, 7) is 16.0. The summed E-state index contributed by atoms with van der Waals surface area (Å²) in [7, 11) is -3.42. The quantitative estimate of drug-likeness (QED) is 0.115. The highest BCUT2D eigenvalue weighted by Crippen LogP contribution is 2.65. The number of nitriles is 1. The summed E-state index contributed by atoms with van der Waals surface area (Å²) in [5, 5.41) is 8.92. The van der Waals surface area contributed by atoms with Crippen molar-refractivity contribution in [2.75, 3.05) is 0 Å². The Hall–Kier alpha value is -2.72. The fraction of sp³-hybridized carbons (Fsp3) is 0.889. The molecule has 2 aliphatic heterocycles. The van der Waals surface area contributed by atoms with Crippen LogP contribution in [0.2, 0.25) is 0 Å². The molecule has 12 nitrogen and oxygen atoms in total. The van der Waals surface area contributed by atoms with Gasteiger partial charge in [0.2, 0.25) is 0 Å². The van der Waals surface area contributed by atoms with Crippen molar-refractivity contribution in [2.45, 2.75) is 181 Å². The van der Waals surface area contributed by atoms with Gasteiger partial charge in [-0.2, -0.15) is 13.7 Å². The molecule has 8 bridgehead atoms. The number of rotatable bonds is 11. The van der Waals surface area contributed by atoms with Gasteiger partial charge >= 0.3 is 23.9 Å². The number of carbonyl (C=O) groups excluding carboxylic acids is 4. The SMILES string of the molecule is CCC(C)C(=O)OC(C)(CC)C12CC3CC(CC(C3)C1)C2.CCC(C)C(=O)OC1C2CC3C1OC(=O)C3(C#N)C2.CCC(C)C(=O)OC1C2CC3C1OS(=O)(=O)C3C2. The molecule has 0 spiro atoms. The van der Waals surface area contributed by atoms with Crippen LogP contribution in [0.25, 0.3) is 0 Å². The Balaban J connectivity index is 0.000000133. The van der Waals surface area contributed by atoms with E-state index in [2.05, 4.69) is 26.8 Å². The first-order valence-corrected chi connectivity index (χ1v) is 24.0. The van der Waals surface area contributed by atoms with Gasteiger partial charge in [-0.05, 0) is 115 Å². The Morgan fingerprint density at radius 2 is 1.29 bits per heavy atom. The van der Waals surface area contributed by atoms with Crippen LogP contribution in [0.15, 0.2) is 0 Å². The maximum Gasteiger partial charge on any atom is 0.327 e. The number of nitrogens with zero attached hydrogens (tertiary/aromatic N) is 1. The first-order chi connectivity index (χ1) is 27.4. The van der Waals surface area contributed by atoms with E-state index in [-0.39, 0.29) is 87.8 Å². The molecule has 0 aromatic heterocycles.